The van der Waals surface area contributed by atoms with Crippen molar-refractivity contribution >= 4 is 16.8 Å². The van der Waals surface area contributed by atoms with Crippen molar-refractivity contribution in [2.45, 2.75) is 13.8 Å². The summed E-state index contributed by atoms with van der Waals surface area (Å²) < 4.78 is 0. The highest BCUT2D eigenvalue weighted by Crippen LogP contribution is 2.24. The molecule has 0 fully saturated rings. The summed E-state index contributed by atoms with van der Waals surface area (Å²) in [5.74, 6) is 0. The summed E-state index contributed by atoms with van der Waals surface area (Å²) in [6, 6.07) is 0. The number of hydrogen-bond donors (Lipinski definition) is 0. The predicted octanol–water partition coefficient (Wildman–Crippen LogP) is 2.61. The summed E-state index contributed by atoms with van der Waals surface area (Å²) in [7, 11) is 0. The van der Waals surface area contributed by atoms with Gasteiger partial charge in [0.1, 0.15) is 0 Å². The van der Waals surface area contributed by atoms with Crippen LogP contribution >= 0.6 is 11.8 Å². The molecule has 1 heterocycles. The van der Waals surface area contributed by atoms with Crippen LogP contribution in [0.2, 0.25) is 0 Å². The second-order valence-corrected chi connectivity index (χ2v) is 3.42. The van der Waals surface area contributed by atoms with E-state index in [1.54, 1.807) is 11.8 Å². The predicted molar refractivity (Wildman–Crippen MR) is 48.5 cm³/mol. The van der Waals surface area contributed by atoms with Crippen molar-refractivity contribution in [2.75, 3.05) is 6.54 Å². The first-order valence-electron chi connectivity index (χ1n) is 3.33. The van der Waals surface area contributed by atoms with Gasteiger partial charge in [-0.05, 0) is 13.8 Å². The van der Waals surface area contributed by atoms with Crippen LogP contribution in [0.15, 0.2) is 28.1 Å². The van der Waals surface area contributed by atoms with Gasteiger partial charge in [0.2, 0.25) is 0 Å². The van der Waals surface area contributed by atoms with Crippen molar-refractivity contribution in [3.63, 3.8) is 0 Å². The Morgan fingerprint density at radius 2 is 2.40 bits per heavy atom. The van der Waals surface area contributed by atoms with Crippen LogP contribution in [0.5, 0.6) is 0 Å². The molecule has 0 unspecified atom stereocenters. The van der Waals surface area contributed by atoms with E-state index < -0.39 is 0 Å². The van der Waals surface area contributed by atoms with Gasteiger partial charge >= 0.3 is 0 Å². The van der Waals surface area contributed by atoms with Gasteiger partial charge in [-0.25, -0.2) is 0 Å². The quantitative estimate of drug-likeness (QED) is 0.564. The highest BCUT2D eigenvalue weighted by molar-refractivity contribution is 8.17. The molecule has 0 bridgehead atoms. The molecule has 0 aromatic rings. The van der Waals surface area contributed by atoms with Crippen LogP contribution in [0.4, 0.5) is 0 Å². The Kier molecular flexibility index (Phi) is 2.75. The topological polar surface area (TPSA) is 12.4 Å². The van der Waals surface area contributed by atoms with Crippen molar-refractivity contribution in [3.05, 3.63) is 23.1 Å². The lowest BCUT2D eigenvalue weighted by atomic mass is 10.4. The summed E-state index contributed by atoms with van der Waals surface area (Å²) in [6.07, 6.45) is 6.20. The lowest BCUT2D eigenvalue weighted by molar-refractivity contribution is 1.25. The van der Waals surface area contributed by atoms with Gasteiger partial charge in [-0.2, -0.15) is 0 Å². The van der Waals surface area contributed by atoms with Crippen molar-refractivity contribution in [1.29, 1.82) is 0 Å². The first-order valence-corrected chi connectivity index (χ1v) is 4.15. The van der Waals surface area contributed by atoms with Crippen molar-refractivity contribution in [2.24, 2.45) is 4.99 Å². The molecule has 0 radical (unpaired) electrons. The van der Waals surface area contributed by atoms with Crippen LogP contribution in [-0.4, -0.2) is 11.6 Å². The molecule has 1 nitrogen and oxygen atoms in total. The van der Waals surface area contributed by atoms with Crippen molar-refractivity contribution in [3.8, 4) is 0 Å². The zero-order valence-corrected chi connectivity index (χ0v) is 7.11. The van der Waals surface area contributed by atoms with E-state index in [-0.39, 0.29) is 0 Å². The number of thioether (sulfide) groups is 1. The lowest BCUT2D eigenvalue weighted by Gasteiger charge is -1.87. The van der Waals surface area contributed by atoms with Gasteiger partial charge in [-0.15, -0.1) is 0 Å². The second kappa shape index (κ2) is 3.62. The smallest absolute Gasteiger partial charge is 0.0712 e. The summed E-state index contributed by atoms with van der Waals surface area (Å²) in [5, 5.41) is 1.18. The largest absolute Gasteiger partial charge is 0.278 e. The zero-order chi connectivity index (χ0) is 7.40. The average molecular weight is 153 g/mol. The first kappa shape index (κ1) is 7.61. The fourth-order valence-corrected chi connectivity index (χ4v) is 1.52. The molecule has 1 aliphatic rings. The molecule has 0 saturated carbocycles. The van der Waals surface area contributed by atoms with Gasteiger partial charge in [0.25, 0.3) is 0 Å². The minimum atomic E-state index is 0.876. The van der Waals surface area contributed by atoms with Crippen LogP contribution in [0.25, 0.3) is 0 Å². The molecule has 0 N–H and O–H groups in total. The van der Waals surface area contributed by atoms with E-state index in [9.17, 15) is 0 Å². The fourth-order valence-electron chi connectivity index (χ4n) is 0.734. The van der Waals surface area contributed by atoms with Gasteiger partial charge in [-0.3, -0.25) is 4.99 Å². The van der Waals surface area contributed by atoms with Gasteiger partial charge in [0.05, 0.1) is 11.6 Å². The monoisotopic (exact) mass is 153 g/mol. The lowest BCUT2D eigenvalue weighted by Crippen LogP contribution is -1.72. The van der Waals surface area contributed by atoms with Gasteiger partial charge < -0.3 is 0 Å². The van der Waals surface area contributed by atoms with E-state index in [1.807, 2.05) is 19.9 Å². The number of aliphatic imine (C=N–C) groups is 1. The molecular weight excluding hydrogens is 142 g/mol. The van der Waals surface area contributed by atoms with Crippen LogP contribution in [-0.2, 0) is 0 Å². The summed E-state index contributed by atoms with van der Waals surface area (Å²) in [6.45, 7) is 4.94. The molecule has 1 rings (SSSR count). The minimum Gasteiger partial charge on any atom is -0.278 e. The highest BCUT2D eigenvalue weighted by Gasteiger charge is 2.05. The maximum absolute atomic E-state index is 4.25. The minimum absolute atomic E-state index is 0.876. The maximum Gasteiger partial charge on any atom is 0.0712 e. The van der Waals surface area contributed by atoms with E-state index in [2.05, 4.69) is 17.1 Å². The van der Waals surface area contributed by atoms with E-state index in [1.165, 1.54) is 9.95 Å². The Morgan fingerprint density at radius 3 is 2.90 bits per heavy atom. The second-order valence-electron chi connectivity index (χ2n) is 2.10. The van der Waals surface area contributed by atoms with E-state index in [0.29, 0.717) is 0 Å². The Morgan fingerprint density at radius 1 is 1.60 bits per heavy atom. The van der Waals surface area contributed by atoms with Crippen LogP contribution in [0, 0.1) is 0 Å². The van der Waals surface area contributed by atoms with Gasteiger partial charge in [0.15, 0.2) is 0 Å². The third-order valence-corrected chi connectivity index (χ3v) is 2.16. The molecular formula is C8H11NS. The van der Waals surface area contributed by atoms with Crippen molar-refractivity contribution in [1.82, 2.24) is 0 Å². The zero-order valence-electron chi connectivity index (χ0n) is 6.29. The van der Waals surface area contributed by atoms with E-state index in [4.69, 9.17) is 0 Å². The van der Waals surface area contributed by atoms with Crippen LogP contribution < -0.4 is 0 Å². The Labute approximate surface area is 65.9 Å². The third kappa shape index (κ3) is 2.03. The van der Waals surface area contributed by atoms with Crippen LogP contribution in [0.3, 0.4) is 0 Å². The summed E-state index contributed by atoms with van der Waals surface area (Å²) in [4.78, 5) is 5.59. The summed E-state index contributed by atoms with van der Waals surface area (Å²) in [5.41, 5.74) is 0. The molecule has 0 atom stereocenters. The van der Waals surface area contributed by atoms with Gasteiger partial charge in [0, 0.05) is 4.91 Å². The average Bonchev–Trinajstić information content (AvgIpc) is 2.31. The SMILES string of the molecule is C/C=C\C=C1/CN=C(C)S1. The molecule has 0 spiro atoms. The number of hydrogen-bond acceptors (Lipinski definition) is 2. The fraction of sp³-hybridized carbons (Fsp3) is 0.375. The molecule has 10 heavy (non-hydrogen) atoms. The number of rotatable bonds is 1. The maximum atomic E-state index is 4.25. The molecule has 0 aromatic heterocycles. The molecule has 0 amide bonds. The van der Waals surface area contributed by atoms with Crippen LogP contribution in [0.1, 0.15) is 13.8 Å². The number of nitrogens with zero attached hydrogens (tertiary/aromatic N) is 1. The first-order chi connectivity index (χ1) is 4.83. The molecule has 0 aromatic carbocycles. The Balaban J connectivity index is 2.49. The standard InChI is InChI=1S/C8H11NS/c1-3-4-5-8-6-9-7(2)10-8/h3-5H,6H2,1-2H3/b4-3-,8-5+. The third-order valence-electron chi connectivity index (χ3n) is 1.21. The summed E-state index contributed by atoms with van der Waals surface area (Å²) >= 11 is 1.77. The number of allylic oxidation sites excluding steroid dienone is 3. The van der Waals surface area contributed by atoms with Crippen molar-refractivity contribution < 1.29 is 0 Å². The molecule has 2 heteroatoms. The Bertz CT molecular complexity index is 201. The molecule has 54 valence electrons. The Hall–Kier alpha value is -0.500. The van der Waals surface area contributed by atoms with E-state index >= 15 is 0 Å². The molecule has 1 aliphatic heterocycles. The molecule has 0 saturated heterocycles. The van der Waals surface area contributed by atoms with Gasteiger partial charge in [-0.1, -0.05) is 30.0 Å². The van der Waals surface area contributed by atoms with E-state index in [0.717, 1.165) is 6.54 Å². The molecule has 0 aliphatic carbocycles. The normalized spacial score (nSPS) is 22.6. The highest BCUT2D eigenvalue weighted by atomic mass is 32.2.